The Kier molecular flexibility index (Phi) is 2.21. The molecule has 0 spiro atoms. The van der Waals surface area contributed by atoms with Crippen LogP contribution in [0.3, 0.4) is 0 Å². The largest absolute Gasteiger partial charge is 0.481 e. The van der Waals surface area contributed by atoms with E-state index in [1.165, 1.54) is 16.9 Å². The van der Waals surface area contributed by atoms with E-state index in [4.69, 9.17) is 5.11 Å². The molecule has 1 N–H and O–H groups in total. The first-order chi connectivity index (χ1) is 6.65. The minimum Gasteiger partial charge on any atom is -0.481 e. The van der Waals surface area contributed by atoms with Crippen LogP contribution in [0.1, 0.15) is 10.6 Å². The SMILES string of the molecule is Cc1ccc2nc(CC(=O)O)sc2c1. The van der Waals surface area contributed by atoms with Gasteiger partial charge in [-0.2, -0.15) is 0 Å². The highest BCUT2D eigenvalue weighted by molar-refractivity contribution is 7.18. The fourth-order valence-electron chi connectivity index (χ4n) is 1.28. The number of fused-ring (bicyclic) bond motifs is 1. The van der Waals surface area contributed by atoms with Gasteiger partial charge in [0.15, 0.2) is 0 Å². The van der Waals surface area contributed by atoms with Gasteiger partial charge in [-0.05, 0) is 24.6 Å². The lowest BCUT2D eigenvalue weighted by Gasteiger charge is -1.88. The predicted octanol–water partition coefficient (Wildman–Crippen LogP) is 2.23. The number of rotatable bonds is 2. The fourth-order valence-corrected chi connectivity index (χ4v) is 2.34. The highest BCUT2D eigenvalue weighted by Gasteiger charge is 2.07. The Hall–Kier alpha value is -1.42. The molecule has 0 fully saturated rings. The Morgan fingerprint density at radius 3 is 3.07 bits per heavy atom. The molecule has 0 aliphatic rings. The van der Waals surface area contributed by atoms with Crippen LogP contribution in [-0.4, -0.2) is 16.1 Å². The quantitative estimate of drug-likeness (QED) is 0.821. The molecule has 2 rings (SSSR count). The summed E-state index contributed by atoms with van der Waals surface area (Å²) in [4.78, 5) is 14.7. The second-order valence-corrected chi connectivity index (χ2v) is 4.26. The van der Waals surface area contributed by atoms with Crippen molar-refractivity contribution >= 4 is 27.5 Å². The lowest BCUT2D eigenvalue weighted by molar-refractivity contribution is -0.136. The Morgan fingerprint density at radius 1 is 1.57 bits per heavy atom. The standard InChI is InChI=1S/C10H9NO2S/c1-6-2-3-7-8(4-6)14-9(11-7)5-10(12)13/h2-4H,5H2,1H3,(H,12,13). The Morgan fingerprint density at radius 2 is 2.36 bits per heavy atom. The van der Waals surface area contributed by atoms with Crippen molar-refractivity contribution in [3.05, 3.63) is 28.8 Å². The number of carboxylic acid groups (broad SMARTS) is 1. The third kappa shape index (κ3) is 1.75. The normalized spacial score (nSPS) is 10.6. The Labute approximate surface area is 85.0 Å². The molecule has 0 unspecified atom stereocenters. The van der Waals surface area contributed by atoms with E-state index >= 15 is 0 Å². The topological polar surface area (TPSA) is 50.2 Å². The molecule has 0 saturated carbocycles. The molecular formula is C10H9NO2S. The van der Waals surface area contributed by atoms with E-state index in [-0.39, 0.29) is 6.42 Å². The number of benzene rings is 1. The number of aromatic nitrogens is 1. The van der Waals surface area contributed by atoms with E-state index < -0.39 is 5.97 Å². The molecule has 0 aliphatic carbocycles. The minimum absolute atomic E-state index is 0.0123. The minimum atomic E-state index is -0.833. The van der Waals surface area contributed by atoms with Crippen LogP contribution >= 0.6 is 11.3 Å². The maximum Gasteiger partial charge on any atom is 0.310 e. The lowest BCUT2D eigenvalue weighted by Crippen LogP contribution is -1.98. The molecule has 1 aromatic heterocycles. The third-order valence-electron chi connectivity index (χ3n) is 1.89. The van der Waals surface area contributed by atoms with Crippen molar-refractivity contribution in [3.63, 3.8) is 0 Å². The van der Waals surface area contributed by atoms with Gasteiger partial charge in [0.25, 0.3) is 0 Å². The van der Waals surface area contributed by atoms with Crippen LogP contribution in [0.15, 0.2) is 18.2 Å². The van der Waals surface area contributed by atoms with Gasteiger partial charge in [-0.3, -0.25) is 4.79 Å². The van der Waals surface area contributed by atoms with Crippen molar-refractivity contribution in [2.75, 3.05) is 0 Å². The molecule has 72 valence electrons. The lowest BCUT2D eigenvalue weighted by atomic mass is 10.2. The molecule has 3 nitrogen and oxygen atoms in total. The van der Waals surface area contributed by atoms with Crippen molar-refractivity contribution in [1.82, 2.24) is 4.98 Å². The van der Waals surface area contributed by atoms with E-state index in [0.717, 1.165) is 10.2 Å². The third-order valence-corrected chi connectivity index (χ3v) is 2.91. The van der Waals surface area contributed by atoms with Crippen molar-refractivity contribution < 1.29 is 9.90 Å². The number of aryl methyl sites for hydroxylation is 1. The van der Waals surface area contributed by atoms with E-state index in [1.807, 2.05) is 25.1 Å². The zero-order valence-corrected chi connectivity index (χ0v) is 8.47. The molecule has 0 amide bonds. The van der Waals surface area contributed by atoms with Gasteiger partial charge < -0.3 is 5.11 Å². The van der Waals surface area contributed by atoms with Crippen molar-refractivity contribution in [1.29, 1.82) is 0 Å². The molecule has 14 heavy (non-hydrogen) atoms. The average Bonchev–Trinajstić information content (AvgIpc) is 2.44. The molecule has 4 heteroatoms. The van der Waals surface area contributed by atoms with Gasteiger partial charge in [0.05, 0.1) is 16.6 Å². The predicted molar refractivity (Wildman–Crippen MR) is 55.7 cm³/mol. The fraction of sp³-hybridized carbons (Fsp3) is 0.200. The summed E-state index contributed by atoms with van der Waals surface area (Å²) >= 11 is 1.45. The highest BCUT2D eigenvalue weighted by Crippen LogP contribution is 2.23. The van der Waals surface area contributed by atoms with Crippen LogP contribution in [0.5, 0.6) is 0 Å². The summed E-state index contributed by atoms with van der Waals surface area (Å²) < 4.78 is 1.06. The van der Waals surface area contributed by atoms with Gasteiger partial charge in [0.2, 0.25) is 0 Å². The molecule has 0 bridgehead atoms. The first-order valence-corrected chi connectivity index (χ1v) is 5.04. The number of hydrogen-bond donors (Lipinski definition) is 1. The molecule has 0 atom stereocenters. The average molecular weight is 207 g/mol. The number of carboxylic acids is 1. The number of thiazole rings is 1. The van der Waals surface area contributed by atoms with E-state index in [2.05, 4.69) is 4.98 Å². The number of aliphatic carboxylic acids is 1. The van der Waals surface area contributed by atoms with Gasteiger partial charge in [-0.1, -0.05) is 6.07 Å². The van der Waals surface area contributed by atoms with Crippen molar-refractivity contribution in [2.45, 2.75) is 13.3 Å². The monoisotopic (exact) mass is 207 g/mol. The molecule has 0 radical (unpaired) electrons. The number of carbonyl (C=O) groups is 1. The second-order valence-electron chi connectivity index (χ2n) is 3.15. The van der Waals surface area contributed by atoms with Crippen LogP contribution < -0.4 is 0 Å². The van der Waals surface area contributed by atoms with Gasteiger partial charge in [0.1, 0.15) is 5.01 Å². The van der Waals surface area contributed by atoms with Crippen LogP contribution in [0.4, 0.5) is 0 Å². The molecule has 0 aliphatic heterocycles. The number of nitrogens with zero attached hydrogens (tertiary/aromatic N) is 1. The second kappa shape index (κ2) is 3.38. The van der Waals surface area contributed by atoms with E-state index in [9.17, 15) is 4.79 Å². The summed E-state index contributed by atoms with van der Waals surface area (Å²) in [5.74, 6) is -0.833. The van der Waals surface area contributed by atoms with E-state index in [1.54, 1.807) is 0 Å². The van der Waals surface area contributed by atoms with Crippen LogP contribution in [0, 0.1) is 6.92 Å². The molecule has 2 aromatic rings. The van der Waals surface area contributed by atoms with Gasteiger partial charge in [0, 0.05) is 0 Å². The Bertz CT molecular complexity index is 490. The molecule has 1 aromatic carbocycles. The van der Waals surface area contributed by atoms with Gasteiger partial charge >= 0.3 is 5.97 Å². The van der Waals surface area contributed by atoms with Crippen LogP contribution in [0.25, 0.3) is 10.2 Å². The zero-order valence-electron chi connectivity index (χ0n) is 7.65. The van der Waals surface area contributed by atoms with Crippen LogP contribution in [-0.2, 0) is 11.2 Å². The summed E-state index contributed by atoms with van der Waals surface area (Å²) in [6.45, 7) is 2.01. The summed E-state index contributed by atoms with van der Waals surface area (Å²) in [5.41, 5.74) is 2.06. The maximum absolute atomic E-state index is 10.5. The first-order valence-electron chi connectivity index (χ1n) is 4.23. The molecular weight excluding hydrogens is 198 g/mol. The van der Waals surface area contributed by atoms with Gasteiger partial charge in [-0.25, -0.2) is 4.98 Å². The zero-order chi connectivity index (χ0) is 10.1. The van der Waals surface area contributed by atoms with Crippen LogP contribution in [0.2, 0.25) is 0 Å². The summed E-state index contributed by atoms with van der Waals surface area (Å²) in [5, 5.41) is 9.28. The highest BCUT2D eigenvalue weighted by atomic mass is 32.1. The summed E-state index contributed by atoms with van der Waals surface area (Å²) in [7, 11) is 0. The molecule has 1 heterocycles. The van der Waals surface area contributed by atoms with E-state index in [0.29, 0.717) is 5.01 Å². The smallest absolute Gasteiger partial charge is 0.310 e. The van der Waals surface area contributed by atoms with Crippen molar-refractivity contribution in [2.24, 2.45) is 0 Å². The Balaban J connectivity index is 2.46. The summed E-state index contributed by atoms with van der Waals surface area (Å²) in [6, 6.07) is 5.93. The van der Waals surface area contributed by atoms with Crippen molar-refractivity contribution in [3.8, 4) is 0 Å². The van der Waals surface area contributed by atoms with Gasteiger partial charge in [-0.15, -0.1) is 11.3 Å². The maximum atomic E-state index is 10.5. The number of hydrogen-bond acceptors (Lipinski definition) is 3. The molecule has 0 saturated heterocycles. The summed E-state index contributed by atoms with van der Waals surface area (Å²) in [6.07, 6.45) is 0.0123. The first kappa shape index (κ1) is 9.15.